The summed E-state index contributed by atoms with van der Waals surface area (Å²) in [6, 6.07) is 0. The molecule has 0 spiro atoms. The molecule has 0 atom stereocenters. The number of ketones is 1. The van der Waals surface area contributed by atoms with Crippen molar-refractivity contribution < 1.29 is 4.79 Å². The highest BCUT2D eigenvalue weighted by molar-refractivity contribution is 5.78. The van der Waals surface area contributed by atoms with Crippen LogP contribution < -0.4 is 0 Å². The lowest BCUT2D eigenvalue weighted by molar-refractivity contribution is -0.119. The Morgan fingerprint density at radius 3 is 2.80 bits per heavy atom. The highest BCUT2D eigenvalue weighted by atomic mass is 16.1. The summed E-state index contributed by atoms with van der Waals surface area (Å²) in [5.41, 5.74) is 1.15. The Morgan fingerprint density at radius 2 is 2.20 bits per heavy atom. The molecule has 0 aliphatic carbocycles. The number of carbonyl (C=O) groups is 1. The second-order valence-corrected chi connectivity index (χ2v) is 4.02. The van der Waals surface area contributed by atoms with Gasteiger partial charge in [0.2, 0.25) is 0 Å². The largest absolute Gasteiger partial charge is 0.300 e. The Bertz CT molecular complexity index is 304. The lowest BCUT2D eigenvalue weighted by atomic mass is 10.1. The summed E-state index contributed by atoms with van der Waals surface area (Å²) in [5, 5.41) is 4.08. The molecular formula is C12H20N2O. The van der Waals surface area contributed by atoms with Gasteiger partial charge in [-0.15, -0.1) is 0 Å². The van der Waals surface area contributed by atoms with E-state index in [9.17, 15) is 4.79 Å². The molecule has 1 aromatic heterocycles. The van der Waals surface area contributed by atoms with E-state index in [1.807, 2.05) is 19.4 Å². The number of rotatable bonds is 7. The van der Waals surface area contributed by atoms with Gasteiger partial charge in [0.1, 0.15) is 5.78 Å². The third-order valence-corrected chi connectivity index (χ3v) is 2.51. The first-order valence-electron chi connectivity index (χ1n) is 5.71. The first-order chi connectivity index (χ1) is 7.22. The van der Waals surface area contributed by atoms with Gasteiger partial charge in [-0.3, -0.25) is 9.48 Å². The Hall–Kier alpha value is -1.12. The predicted octanol–water partition coefficient (Wildman–Crippen LogP) is 2.50. The van der Waals surface area contributed by atoms with Crippen LogP contribution in [0.1, 0.15) is 44.6 Å². The van der Waals surface area contributed by atoms with Gasteiger partial charge in [-0.2, -0.15) is 5.10 Å². The van der Waals surface area contributed by atoms with E-state index >= 15 is 0 Å². The van der Waals surface area contributed by atoms with E-state index in [1.165, 1.54) is 12.8 Å². The number of hydrogen-bond acceptors (Lipinski definition) is 2. The number of hydrogen-bond donors (Lipinski definition) is 0. The summed E-state index contributed by atoms with van der Waals surface area (Å²) in [4.78, 5) is 11.5. The van der Waals surface area contributed by atoms with Gasteiger partial charge in [0.15, 0.2) is 0 Å². The highest BCUT2D eigenvalue weighted by Gasteiger charge is 2.03. The molecule has 0 unspecified atom stereocenters. The first kappa shape index (κ1) is 12.0. The van der Waals surface area contributed by atoms with Crippen LogP contribution in [-0.2, 0) is 18.3 Å². The quantitative estimate of drug-likeness (QED) is 0.645. The van der Waals surface area contributed by atoms with Crippen molar-refractivity contribution in [1.82, 2.24) is 9.78 Å². The van der Waals surface area contributed by atoms with E-state index in [0.717, 1.165) is 24.8 Å². The minimum Gasteiger partial charge on any atom is -0.300 e. The SMILES string of the molecule is CCCCCC(=O)CCc1cnn(C)c1. The number of aromatic nitrogens is 2. The van der Waals surface area contributed by atoms with Crippen LogP contribution in [0, 0.1) is 0 Å². The first-order valence-corrected chi connectivity index (χ1v) is 5.71. The molecule has 84 valence electrons. The van der Waals surface area contributed by atoms with Crippen LogP contribution in [0.2, 0.25) is 0 Å². The number of nitrogens with zero attached hydrogens (tertiary/aromatic N) is 2. The van der Waals surface area contributed by atoms with Crippen molar-refractivity contribution in [1.29, 1.82) is 0 Å². The van der Waals surface area contributed by atoms with E-state index in [4.69, 9.17) is 0 Å². The van der Waals surface area contributed by atoms with E-state index < -0.39 is 0 Å². The van der Waals surface area contributed by atoms with E-state index in [1.54, 1.807) is 4.68 Å². The van der Waals surface area contributed by atoms with Crippen LogP contribution in [0.4, 0.5) is 0 Å². The maximum Gasteiger partial charge on any atom is 0.133 e. The number of aryl methyl sites for hydroxylation is 2. The molecule has 15 heavy (non-hydrogen) atoms. The molecule has 0 saturated heterocycles. The summed E-state index contributed by atoms with van der Waals surface area (Å²) in [6.45, 7) is 2.15. The summed E-state index contributed by atoms with van der Waals surface area (Å²) >= 11 is 0. The fourth-order valence-corrected chi connectivity index (χ4v) is 1.58. The molecule has 0 N–H and O–H groups in total. The molecule has 1 aromatic rings. The molecule has 0 bridgehead atoms. The van der Waals surface area contributed by atoms with Gasteiger partial charge in [0, 0.05) is 26.1 Å². The molecule has 1 heterocycles. The molecule has 0 fully saturated rings. The zero-order valence-corrected chi connectivity index (χ0v) is 9.70. The lowest BCUT2D eigenvalue weighted by Gasteiger charge is -1.98. The van der Waals surface area contributed by atoms with Crippen LogP contribution >= 0.6 is 0 Å². The van der Waals surface area contributed by atoms with Gasteiger partial charge in [-0.05, 0) is 18.4 Å². The van der Waals surface area contributed by atoms with Crippen LogP contribution in [-0.4, -0.2) is 15.6 Å². The molecule has 0 radical (unpaired) electrons. The Morgan fingerprint density at radius 1 is 1.40 bits per heavy atom. The molecule has 0 aliphatic heterocycles. The van der Waals surface area contributed by atoms with Gasteiger partial charge in [-0.25, -0.2) is 0 Å². The van der Waals surface area contributed by atoms with Crippen LogP contribution in [0.25, 0.3) is 0 Å². The Balaban J connectivity index is 2.16. The van der Waals surface area contributed by atoms with Gasteiger partial charge in [0.05, 0.1) is 6.20 Å². The maximum absolute atomic E-state index is 11.5. The summed E-state index contributed by atoms with van der Waals surface area (Å²) < 4.78 is 1.77. The van der Waals surface area contributed by atoms with Crippen LogP contribution in [0.5, 0.6) is 0 Å². The topological polar surface area (TPSA) is 34.9 Å². The van der Waals surface area contributed by atoms with Crippen LogP contribution in [0.3, 0.4) is 0 Å². The summed E-state index contributed by atoms with van der Waals surface area (Å²) in [5.74, 6) is 0.382. The molecule has 3 heteroatoms. The standard InChI is InChI=1S/C12H20N2O/c1-3-4-5-6-12(15)8-7-11-9-13-14(2)10-11/h9-10H,3-8H2,1-2H3. The minimum absolute atomic E-state index is 0.382. The monoisotopic (exact) mass is 208 g/mol. The van der Waals surface area contributed by atoms with Gasteiger partial charge < -0.3 is 0 Å². The van der Waals surface area contributed by atoms with Crippen molar-refractivity contribution in [2.24, 2.45) is 7.05 Å². The van der Waals surface area contributed by atoms with E-state index in [2.05, 4.69) is 12.0 Å². The second-order valence-electron chi connectivity index (χ2n) is 4.02. The van der Waals surface area contributed by atoms with Crippen molar-refractivity contribution in [3.8, 4) is 0 Å². The molecule has 3 nitrogen and oxygen atoms in total. The number of Topliss-reactive ketones (excluding diaryl/α,β-unsaturated/α-hetero) is 1. The predicted molar refractivity (Wildman–Crippen MR) is 60.7 cm³/mol. The normalized spacial score (nSPS) is 10.5. The molecule has 0 amide bonds. The fraction of sp³-hybridized carbons (Fsp3) is 0.667. The summed E-state index contributed by atoms with van der Waals surface area (Å²) in [6.07, 6.45) is 9.43. The Labute approximate surface area is 91.5 Å². The fourth-order valence-electron chi connectivity index (χ4n) is 1.58. The van der Waals surface area contributed by atoms with Gasteiger partial charge >= 0.3 is 0 Å². The smallest absolute Gasteiger partial charge is 0.133 e. The van der Waals surface area contributed by atoms with Gasteiger partial charge in [0.25, 0.3) is 0 Å². The zero-order valence-electron chi connectivity index (χ0n) is 9.70. The second kappa shape index (κ2) is 6.38. The minimum atomic E-state index is 0.382. The van der Waals surface area contributed by atoms with E-state index in [0.29, 0.717) is 12.2 Å². The molecule has 0 aliphatic rings. The van der Waals surface area contributed by atoms with Crippen molar-refractivity contribution in [2.75, 3.05) is 0 Å². The average molecular weight is 208 g/mol. The van der Waals surface area contributed by atoms with E-state index in [-0.39, 0.29) is 0 Å². The van der Waals surface area contributed by atoms with Crippen molar-refractivity contribution in [3.63, 3.8) is 0 Å². The van der Waals surface area contributed by atoms with Crippen molar-refractivity contribution in [3.05, 3.63) is 18.0 Å². The van der Waals surface area contributed by atoms with Crippen molar-refractivity contribution in [2.45, 2.75) is 45.4 Å². The number of unbranched alkanes of at least 4 members (excludes halogenated alkanes) is 2. The van der Waals surface area contributed by atoms with Crippen LogP contribution in [0.15, 0.2) is 12.4 Å². The number of carbonyl (C=O) groups excluding carboxylic acids is 1. The molecule has 0 saturated carbocycles. The van der Waals surface area contributed by atoms with Crippen molar-refractivity contribution >= 4 is 5.78 Å². The molecule has 0 aromatic carbocycles. The highest BCUT2D eigenvalue weighted by Crippen LogP contribution is 2.06. The molecule has 1 rings (SSSR count). The summed E-state index contributed by atoms with van der Waals surface area (Å²) in [7, 11) is 1.90. The average Bonchev–Trinajstić information content (AvgIpc) is 2.62. The third kappa shape index (κ3) is 4.77. The molecular weight excluding hydrogens is 188 g/mol. The Kier molecular flexibility index (Phi) is 5.08. The lowest BCUT2D eigenvalue weighted by Crippen LogP contribution is -1.99. The van der Waals surface area contributed by atoms with Gasteiger partial charge in [-0.1, -0.05) is 19.8 Å². The third-order valence-electron chi connectivity index (χ3n) is 2.51. The zero-order chi connectivity index (χ0) is 11.1. The maximum atomic E-state index is 11.5.